The molecule has 0 bridgehead atoms. The molecule has 4 heteroatoms. The third-order valence-corrected chi connectivity index (χ3v) is 4.54. The molecule has 21 heavy (non-hydrogen) atoms. The highest BCUT2D eigenvalue weighted by Crippen LogP contribution is 2.51. The molecule has 0 heterocycles. The molecule has 2 atom stereocenters. The zero-order valence-corrected chi connectivity index (χ0v) is 13.0. The summed E-state index contributed by atoms with van der Waals surface area (Å²) in [5, 5.41) is 0. The van der Waals surface area contributed by atoms with Gasteiger partial charge in [-0.2, -0.15) is 0 Å². The first-order valence-corrected chi connectivity index (χ1v) is 6.93. The number of fused-ring (bicyclic) bond motifs is 1. The Labute approximate surface area is 124 Å². The Morgan fingerprint density at radius 2 is 1.86 bits per heavy atom. The van der Waals surface area contributed by atoms with Crippen LogP contribution in [0.2, 0.25) is 0 Å². The Bertz CT molecular complexity index is 630. The predicted molar refractivity (Wildman–Crippen MR) is 78.6 cm³/mol. The molecule has 2 rings (SSSR count). The molecule has 0 saturated heterocycles. The fraction of sp³-hybridized carbons (Fsp3) is 0.471. The average Bonchev–Trinajstić information content (AvgIpc) is 2.58. The van der Waals surface area contributed by atoms with Crippen LogP contribution in [0, 0.1) is 6.92 Å². The molecule has 0 N–H and O–H groups in total. The van der Waals surface area contributed by atoms with E-state index in [2.05, 4.69) is 0 Å². The van der Waals surface area contributed by atoms with Crippen molar-refractivity contribution in [3.8, 4) is 0 Å². The summed E-state index contributed by atoms with van der Waals surface area (Å²) < 4.78 is 5.47. The Hall–Kier alpha value is -1.97. The minimum Gasteiger partial charge on any atom is -0.460 e. The number of benzene rings is 1. The van der Waals surface area contributed by atoms with Crippen molar-refractivity contribution in [2.24, 2.45) is 0 Å². The zero-order chi connectivity index (χ0) is 16.0. The molecule has 0 aliphatic heterocycles. The van der Waals surface area contributed by atoms with Gasteiger partial charge in [-0.25, -0.2) is 0 Å². The van der Waals surface area contributed by atoms with Crippen molar-refractivity contribution >= 4 is 18.5 Å². The highest BCUT2D eigenvalue weighted by Gasteiger charge is 2.57. The summed E-state index contributed by atoms with van der Waals surface area (Å²) in [6.07, 6.45) is 0.943. The van der Waals surface area contributed by atoms with Gasteiger partial charge in [0.2, 0.25) is 0 Å². The molecule has 0 saturated carbocycles. The van der Waals surface area contributed by atoms with Gasteiger partial charge in [0.1, 0.15) is 12.4 Å². The molecular weight excluding hydrogens is 268 g/mol. The van der Waals surface area contributed by atoms with Crippen molar-refractivity contribution < 1.29 is 19.1 Å². The largest absolute Gasteiger partial charge is 0.460 e. The predicted octanol–water partition coefficient (Wildman–Crippen LogP) is 2.49. The molecule has 0 amide bonds. The monoisotopic (exact) mass is 288 g/mol. The number of carbonyl (C=O) groups is 3. The van der Waals surface area contributed by atoms with Gasteiger partial charge in [-0.3, -0.25) is 9.59 Å². The first-order chi connectivity index (χ1) is 9.70. The van der Waals surface area contributed by atoms with Crippen molar-refractivity contribution in [3.05, 3.63) is 34.4 Å². The SMILES string of the molecule is CC(=O)O[C@@H]1C(C)(C)c2ccc(C)c(C=O)c2[C@@]1(C)C=O. The second-order valence-corrected chi connectivity index (χ2v) is 6.45. The lowest BCUT2D eigenvalue weighted by Crippen LogP contribution is -2.45. The van der Waals surface area contributed by atoms with E-state index in [0.717, 1.165) is 23.7 Å². The number of hydrogen-bond acceptors (Lipinski definition) is 4. The zero-order valence-electron chi connectivity index (χ0n) is 13.0. The second-order valence-electron chi connectivity index (χ2n) is 6.45. The van der Waals surface area contributed by atoms with Gasteiger partial charge in [0.15, 0.2) is 6.29 Å². The maximum atomic E-state index is 11.8. The third kappa shape index (κ3) is 2.01. The van der Waals surface area contributed by atoms with Gasteiger partial charge in [-0.1, -0.05) is 26.0 Å². The lowest BCUT2D eigenvalue weighted by molar-refractivity contribution is -0.153. The van der Waals surface area contributed by atoms with Crippen LogP contribution in [0.1, 0.15) is 54.7 Å². The van der Waals surface area contributed by atoms with E-state index >= 15 is 0 Å². The van der Waals surface area contributed by atoms with Crippen molar-refractivity contribution in [2.75, 3.05) is 0 Å². The minimum atomic E-state index is -1.02. The van der Waals surface area contributed by atoms with Gasteiger partial charge in [0.05, 0.1) is 5.41 Å². The number of aldehydes is 2. The van der Waals surface area contributed by atoms with Crippen LogP contribution in [0.25, 0.3) is 0 Å². The molecule has 0 fully saturated rings. The van der Waals surface area contributed by atoms with Crippen LogP contribution >= 0.6 is 0 Å². The fourth-order valence-electron chi connectivity index (χ4n) is 3.57. The molecule has 0 unspecified atom stereocenters. The van der Waals surface area contributed by atoms with Crippen molar-refractivity contribution in [3.63, 3.8) is 0 Å². The van der Waals surface area contributed by atoms with E-state index in [9.17, 15) is 14.4 Å². The third-order valence-electron chi connectivity index (χ3n) is 4.54. The minimum absolute atomic E-state index is 0.432. The van der Waals surface area contributed by atoms with Gasteiger partial charge in [0, 0.05) is 17.9 Å². The summed E-state index contributed by atoms with van der Waals surface area (Å²) in [5.41, 5.74) is 1.34. The number of carbonyl (C=O) groups excluding carboxylic acids is 3. The summed E-state index contributed by atoms with van der Waals surface area (Å²) in [4.78, 5) is 34.8. The van der Waals surface area contributed by atoms with Gasteiger partial charge < -0.3 is 9.53 Å². The first-order valence-electron chi connectivity index (χ1n) is 6.93. The lowest BCUT2D eigenvalue weighted by Gasteiger charge is -2.34. The van der Waals surface area contributed by atoms with Gasteiger partial charge in [0.25, 0.3) is 0 Å². The number of esters is 1. The molecule has 1 aromatic carbocycles. The maximum Gasteiger partial charge on any atom is 0.302 e. The van der Waals surface area contributed by atoms with Crippen LogP contribution < -0.4 is 0 Å². The molecule has 112 valence electrons. The Kier molecular flexibility index (Phi) is 3.52. The number of rotatable bonds is 3. The van der Waals surface area contributed by atoms with E-state index in [0.29, 0.717) is 11.1 Å². The van der Waals surface area contributed by atoms with Gasteiger partial charge in [-0.15, -0.1) is 0 Å². The van der Waals surface area contributed by atoms with Crippen molar-refractivity contribution in [1.82, 2.24) is 0 Å². The van der Waals surface area contributed by atoms with Crippen LogP contribution in [0.3, 0.4) is 0 Å². The molecule has 1 aliphatic carbocycles. The normalized spacial score (nSPS) is 26.0. The van der Waals surface area contributed by atoms with E-state index in [1.807, 2.05) is 32.9 Å². The van der Waals surface area contributed by atoms with Crippen LogP contribution in [-0.2, 0) is 25.2 Å². The van der Waals surface area contributed by atoms with Crippen LogP contribution in [-0.4, -0.2) is 24.6 Å². The topological polar surface area (TPSA) is 60.4 Å². The summed E-state index contributed by atoms with van der Waals surface area (Å²) in [6, 6.07) is 3.79. The highest BCUT2D eigenvalue weighted by atomic mass is 16.5. The van der Waals surface area contributed by atoms with E-state index in [1.165, 1.54) is 6.92 Å². The van der Waals surface area contributed by atoms with Crippen LogP contribution in [0.15, 0.2) is 12.1 Å². The maximum absolute atomic E-state index is 11.8. The molecule has 0 spiro atoms. The lowest BCUT2D eigenvalue weighted by atomic mass is 9.77. The molecule has 0 aromatic heterocycles. The van der Waals surface area contributed by atoms with E-state index in [-0.39, 0.29) is 0 Å². The van der Waals surface area contributed by atoms with Crippen molar-refractivity contribution in [2.45, 2.75) is 51.6 Å². The Morgan fingerprint density at radius 3 is 2.33 bits per heavy atom. The van der Waals surface area contributed by atoms with Gasteiger partial charge in [-0.05, 0) is 30.5 Å². The molecular formula is C17H20O4. The standard InChI is InChI=1S/C17H20O4/c1-10-6-7-13-14(12(10)8-18)17(5,9-19)15(16(13,3)4)21-11(2)20/h6-9,15H,1-5H3/t15-,17-/m1/s1. The molecule has 1 aromatic rings. The van der Waals surface area contributed by atoms with Crippen LogP contribution in [0.4, 0.5) is 0 Å². The fourth-order valence-corrected chi connectivity index (χ4v) is 3.57. The molecule has 4 nitrogen and oxygen atoms in total. The average molecular weight is 288 g/mol. The number of aryl methyl sites for hydroxylation is 1. The van der Waals surface area contributed by atoms with E-state index in [1.54, 1.807) is 6.92 Å². The van der Waals surface area contributed by atoms with E-state index in [4.69, 9.17) is 4.74 Å². The summed E-state index contributed by atoms with van der Waals surface area (Å²) in [6.45, 7) is 8.75. The number of ether oxygens (including phenoxy) is 1. The first kappa shape index (κ1) is 15.4. The van der Waals surface area contributed by atoms with Gasteiger partial charge >= 0.3 is 5.97 Å². The smallest absolute Gasteiger partial charge is 0.302 e. The Morgan fingerprint density at radius 1 is 1.24 bits per heavy atom. The summed E-state index contributed by atoms with van der Waals surface area (Å²) >= 11 is 0. The Balaban J connectivity index is 2.81. The van der Waals surface area contributed by atoms with Crippen LogP contribution in [0.5, 0.6) is 0 Å². The molecule has 1 aliphatic rings. The van der Waals surface area contributed by atoms with Crippen molar-refractivity contribution in [1.29, 1.82) is 0 Å². The summed E-state index contributed by atoms with van der Waals surface area (Å²) in [5.74, 6) is -0.432. The molecule has 0 radical (unpaired) electrons. The second kappa shape index (κ2) is 4.79. The van der Waals surface area contributed by atoms with E-state index < -0.39 is 22.9 Å². The summed E-state index contributed by atoms with van der Waals surface area (Å²) in [7, 11) is 0. The highest BCUT2D eigenvalue weighted by molar-refractivity contribution is 5.88. The number of hydrogen-bond donors (Lipinski definition) is 0. The quantitative estimate of drug-likeness (QED) is 0.633.